The lowest BCUT2D eigenvalue weighted by Gasteiger charge is -2.17. The van der Waals surface area contributed by atoms with Crippen LogP contribution in [0.4, 0.5) is 11.4 Å². The third-order valence-corrected chi connectivity index (χ3v) is 2.83. The van der Waals surface area contributed by atoms with E-state index in [-0.39, 0.29) is 11.9 Å². The Bertz CT molecular complexity index is 487. The van der Waals surface area contributed by atoms with Crippen molar-refractivity contribution < 1.29 is 14.3 Å². The standard InChI is InChI=1S/C12H15N3O3/c1-18-12(17)8-3-2-4-9(13)11(8)15-7-5-10(16)14-6-7/h2-4,7,15H,5-6,13H2,1H3,(H,14,16). The smallest absolute Gasteiger partial charge is 0.340 e. The Hall–Kier alpha value is -2.24. The summed E-state index contributed by atoms with van der Waals surface area (Å²) in [4.78, 5) is 22.8. The number of nitrogen functional groups attached to an aromatic ring is 1. The van der Waals surface area contributed by atoms with E-state index < -0.39 is 5.97 Å². The minimum Gasteiger partial charge on any atom is -0.465 e. The van der Waals surface area contributed by atoms with E-state index in [4.69, 9.17) is 10.5 Å². The maximum Gasteiger partial charge on any atom is 0.340 e. The van der Waals surface area contributed by atoms with Crippen LogP contribution in [0.3, 0.4) is 0 Å². The lowest BCUT2D eigenvalue weighted by atomic mass is 10.1. The van der Waals surface area contributed by atoms with Crippen molar-refractivity contribution in [2.45, 2.75) is 12.5 Å². The Balaban J connectivity index is 2.25. The predicted octanol–water partition coefficient (Wildman–Crippen LogP) is 0.356. The van der Waals surface area contributed by atoms with E-state index in [1.807, 2.05) is 0 Å². The van der Waals surface area contributed by atoms with E-state index in [0.717, 1.165) is 0 Å². The van der Waals surface area contributed by atoms with Crippen molar-refractivity contribution in [3.05, 3.63) is 23.8 Å². The van der Waals surface area contributed by atoms with E-state index in [2.05, 4.69) is 10.6 Å². The number of carbonyl (C=O) groups is 2. The molecule has 1 aliphatic rings. The van der Waals surface area contributed by atoms with Gasteiger partial charge < -0.3 is 21.1 Å². The highest BCUT2D eigenvalue weighted by atomic mass is 16.5. The van der Waals surface area contributed by atoms with Crippen LogP contribution < -0.4 is 16.4 Å². The summed E-state index contributed by atoms with van der Waals surface area (Å²) in [5.74, 6) is -0.469. The SMILES string of the molecule is COC(=O)c1cccc(N)c1NC1CNC(=O)C1. The van der Waals surface area contributed by atoms with Gasteiger partial charge >= 0.3 is 5.97 Å². The molecular formula is C12H15N3O3. The average molecular weight is 249 g/mol. The van der Waals surface area contributed by atoms with Gasteiger partial charge in [-0.2, -0.15) is 0 Å². The maximum atomic E-state index is 11.6. The molecule has 0 spiro atoms. The van der Waals surface area contributed by atoms with Crippen molar-refractivity contribution in [2.75, 3.05) is 24.7 Å². The zero-order valence-electron chi connectivity index (χ0n) is 10.0. The molecule has 1 aliphatic heterocycles. The number of para-hydroxylation sites is 1. The van der Waals surface area contributed by atoms with E-state index in [9.17, 15) is 9.59 Å². The molecule has 6 heteroatoms. The lowest BCUT2D eigenvalue weighted by Crippen LogP contribution is -2.24. The van der Waals surface area contributed by atoms with Crippen LogP contribution in [0.2, 0.25) is 0 Å². The van der Waals surface area contributed by atoms with Gasteiger partial charge in [0.1, 0.15) is 0 Å². The molecule has 1 fully saturated rings. The molecule has 0 saturated carbocycles. The normalized spacial score (nSPS) is 18.3. The van der Waals surface area contributed by atoms with Crippen LogP contribution in [-0.4, -0.2) is 31.6 Å². The summed E-state index contributed by atoms with van der Waals surface area (Å²) in [5.41, 5.74) is 7.20. The number of carbonyl (C=O) groups excluding carboxylic acids is 2. The molecule has 1 aromatic carbocycles. The van der Waals surface area contributed by atoms with Gasteiger partial charge in [0.25, 0.3) is 0 Å². The molecule has 1 heterocycles. The fraction of sp³-hybridized carbons (Fsp3) is 0.333. The van der Waals surface area contributed by atoms with Crippen molar-refractivity contribution in [2.24, 2.45) is 0 Å². The molecule has 1 aromatic rings. The highest BCUT2D eigenvalue weighted by Crippen LogP contribution is 2.25. The van der Waals surface area contributed by atoms with Gasteiger partial charge in [0.15, 0.2) is 0 Å². The summed E-state index contributed by atoms with van der Waals surface area (Å²) < 4.78 is 4.70. The molecule has 0 radical (unpaired) electrons. The zero-order valence-corrected chi connectivity index (χ0v) is 10.0. The van der Waals surface area contributed by atoms with Crippen molar-refractivity contribution in [3.8, 4) is 0 Å². The summed E-state index contributed by atoms with van der Waals surface area (Å²) in [6, 6.07) is 4.95. The molecule has 0 aliphatic carbocycles. The number of nitrogens with two attached hydrogens (primary N) is 1. The highest BCUT2D eigenvalue weighted by molar-refractivity contribution is 5.99. The average Bonchev–Trinajstić information content (AvgIpc) is 2.76. The van der Waals surface area contributed by atoms with Gasteiger partial charge in [-0.25, -0.2) is 4.79 Å². The minimum absolute atomic E-state index is 0.0124. The molecule has 2 rings (SSSR count). The number of methoxy groups -OCH3 is 1. The molecule has 1 saturated heterocycles. The van der Waals surface area contributed by atoms with E-state index in [1.54, 1.807) is 18.2 Å². The Morgan fingerprint density at radius 2 is 2.33 bits per heavy atom. The fourth-order valence-corrected chi connectivity index (χ4v) is 1.92. The van der Waals surface area contributed by atoms with E-state index in [0.29, 0.717) is 29.9 Å². The number of nitrogens with one attached hydrogen (secondary N) is 2. The molecule has 0 bridgehead atoms. The summed E-state index contributed by atoms with van der Waals surface area (Å²) >= 11 is 0. The maximum absolute atomic E-state index is 11.6. The van der Waals surface area contributed by atoms with Gasteiger partial charge in [-0.05, 0) is 12.1 Å². The number of ether oxygens (including phenoxy) is 1. The number of rotatable bonds is 3. The van der Waals surface area contributed by atoms with E-state index in [1.165, 1.54) is 7.11 Å². The number of hydrogen-bond acceptors (Lipinski definition) is 5. The third-order valence-electron chi connectivity index (χ3n) is 2.83. The van der Waals surface area contributed by atoms with Crippen LogP contribution in [0.5, 0.6) is 0 Å². The zero-order chi connectivity index (χ0) is 13.1. The monoisotopic (exact) mass is 249 g/mol. The second-order valence-corrected chi connectivity index (χ2v) is 4.11. The second kappa shape index (κ2) is 4.95. The quantitative estimate of drug-likeness (QED) is 0.531. The molecule has 4 N–H and O–H groups in total. The number of amides is 1. The number of hydrogen-bond donors (Lipinski definition) is 3. The van der Waals surface area contributed by atoms with Crippen molar-refractivity contribution in [1.29, 1.82) is 0 Å². The van der Waals surface area contributed by atoms with Gasteiger partial charge in [-0.1, -0.05) is 6.07 Å². The Kier molecular flexibility index (Phi) is 3.36. The van der Waals surface area contributed by atoms with E-state index >= 15 is 0 Å². The third kappa shape index (κ3) is 2.37. The van der Waals surface area contributed by atoms with Gasteiger partial charge in [0.05, 0.1) is 30.1 Å². The molecule has 6 nitrogen and oxygen atoms in total. The van der Waals surface area contributed by atoms with Crippen LogP contribution in [-0.2, 0) is 9.53 Å². The van der Waals surface area contributed by atoms with Crippen LogP contribution in [0.25, 0.3) is 0 Å². The highest BCUT2D eigenvalue weighted by Gasteiger charge is 2.24. The molecular weight excluding hydrogens is 234 g/mol. The summed E-state index contributed by atoms with van der Waals surface area (Å²) in [7, 11) is 1.32. The summed E-state index contributed by atoms with van der Waals surface area (Å²) in [6.07, 6.45) is 0.370. The second-order valence-electron chi connectivity index (χ2n) is 4.11. The number of benzene rings is 1. The van der Waals surface area contributed by atoms with Crippen molar-refractivity contribution in [3.63, 3.8) is 0 Å². The first-order valence-corrected chi connectivity index (χ1v) is 5.62. The van der Waals surface area contributed by atoms with Crippen molar-refractivity contribution >= 4 is 23.3 Å². The molecule has 96 valence electrons. The number of esters is 1. The fourth-order valence-electron chi connectivity index (χ4n) is 1.92. The molecule has 1 atom stereocenters. The van der Waals surface area contributed by atoms with Crippen LogP contribution >= 0.6 is 0 Å². The Labute approximate surface area is 104 Å². The van der Waals surface area contributed by atoms with Crippen molar-refractivity contribution in [1.82, 2.24) is 5.32 Å². The molecule has 1 amide bonds. The van der Waals surface area contributed by atoms with Gasteiger partial charge in [-0.15, -0.1) is 0 Å². The topological polar surface area (TPSA) is 93.4 Å². The molecule has 0 aromatic heterocycles. The van der Waals surface area contributed by atoms with Crippen LogP contribution in [0.1, 0.15) is 16.8 Å². The molecule has 18 heavy (non-hydrogen) atoms. The first kappa shape index (κ1) is 12.2. The summed E-state index contributed by atoms with van der Waals surface area (Å²) in [6.45, 7) is 0.522. The van der Waals surface area contributed by atoms with Crippen LogP contribution in [0, 0.1) is 0 Å². The Morgan fingerprint density at radius 3 is 2.94 bits per heavy atom. The summed E-state index contributed by atoms with van der Waals surface area (Å²) in [5, 5.41) is 5.83. The largest absolute Gasteiger partial charge is 0.465 e. The van der Waals surface area contributed by atoms with Crippen LogP contribution in [0.15, 0.2) is 18.2 Å². The van der Waals surface area contributed by atoms with Gasteiger partial charge in [0, 0.05) is 13.0 Å². The number of anilines is 2. The first-order chi connectivity index (χ1) is 8.61. The lowest BCUT2D eigenvalue weighted by molar-refractivity contribution is -0.119. The minimum atomic E-state index is -0.456. The Morgan fingerprint density at radius 1 is 1.56 bits per heavy atom. The molecule has 1 unspecified atom stereocenters. The first-order valence-electron chi connectivity index (χ1n) is 5.62. The van der Waals surface area contributed by atoms with Gasteiger partial charge in [0.2, 0.25) is 5.91 Å². The van der Waals surface area contributed by atoms with Gasteiger partial charge in [-0.3, -0.25) is 4.79 Å². The predicted molar refractivity (Wildman–Crippen MR) is 67.2 cm³/mol.